The van der Waals surface area contributed by atoms with Gasteiger partial charge in [-0.2, -0.15) is 0 Å². The highest BCUT2D eigenvalue weighted by molar-refractivity contribution is 5.96. The maximum absolute atomic E-state index is 12.0. The van der Waals surface area contributed by atoms with Crippen molar-refractivity contribution in [3.05, 3.63) is 29.3 Å². The summed E-state index contributed by atoms with van der Waals surface area (Å²) in [5, 5.41) is 12.9. The van der Waals surface area contributed by atoms with E-state index in [4.69, 9.17) is 5.73 Å². The second-order valence-electron chi connectivity index (χ2n) is 5.49. The van der Waals surface area contributed by atoms with Crippen LogP contribution < -0.4 is 11.1 Å². The number of likely N-dealkylation sites (N-methyl/N-ethyl adjacent to an activating group) is 1. The summed E-state index contributed by atoms with van der Waals surface area (Å²) in [6.07, 6.45) is 0. The largest absolute Gasteiger partial charge is 0.399 e. The van der Waals surface area contributed by atoms with E-state index in [-0.39, 0.29) is 12.5 Å². The molecular weight excluding hydrogens is 242 g/mol. The number of hydrogen-bond acceptors (Lipinski definition) is 4. The Morgan fingerprint density at radius 3 is 2.63 bits per heavy atom. The Kier molecular flexibility index (Phi) is 4.91. The molecule has 0 saturated heterocycles. The van der Waals surface area contributed by atoms with Crippen LogP contribution >= 0.6 is 0 Å². The molecule has 0 heterocycles. The van der Waals surface area contributed by atoms with E-state index in [1.54, 1.807) is 25.1 Å². The highest BCUT2D eigenvalue weighted by Crippen LogP contribution is 2.12. The Morgan fingerprint density at radius 1 is 1.47 bits per heavy atom. The van der Waals surface area contributed by atoms with Gasteiger partial charge in [-0.15, -0.1) is 0 Å². The van der Waals surface area contributed by atoms with Crippen LogP contribution in [0.3, 0.4) is 0 Å². The van der Waals surface area contributed by atoms with Gasteiger partial charge in [0, 0.05) is 24.3 Å². The maximum atomic E-state index is 12.0. The van der Waals surface area contributed by atoms with E-state index in [9.17, 15) is 9.90 Å². The highest BCUT2D eigenvalue weighted by Gasteiger charge is 2.22. The number of aliphatic hydroxyl groups is 1. The molecule has 0 fully saturated rings. The Morgan fingerprint density at radius 2 is 2.11 bits per heavy atom. The SMILES string of the molecule is Cc1cc(N)ccc1C(=O)NCC(C)(O)CN(C)C. The first-order chi connectivity index (χ1) is 8.71. The van der Waals surface area contributed by atoms with Gasteiger partial charge in [0.15, 0.2) is 0 Å². The van der Waals surface area contributed by atoms with Crippen molar-refractivity contribution < 1.29 is 9.90 Å². The summed E-state index contributed by atoms with van der Waals surface area (Å²) < 4.78 is 0. The van der Waals surface area contributed by atoms with Gasteiger partial charge in [-0.25, -0.2) is 0 Å². The summed E-state index contributed by atoms with van der Waals surface area (Å²) in [6, 6.07) is 5.15. The monoisotopic (exact) mass is 265 g/mol. The fourth-order valence-corrected chi connectivity index (χ4v) is 2.04. The summed E-state index contributed by atoms with van der Waals surface area (Å²) in [5.74, 6) is -0.198. The minimum atomic E-state index is -0.957. The van der Waals surface area contributed by atoms with Crippen LogP contribution in [-0.2, 0) is 0 Å². The van der Waals surface area contributed by atoms with Crippen LogP contribution in [0, 0.1) is 6.92 Å². The van der Waals surface area contributed by atoms with Gasteiger partial charge in [0.1, 0.15) is 0 Å². The van der Waals surface area contributed by atoms with Gasteiger partial charge in [-0.05, 0) is 51.7 Å². The molecule has 0 aromatic heterocycles. The Hall–Kier alpha value is -1.59. The number of amides is 1. The molecule has 1 atom stereocenters. The second kappa shape index (κ2) is 6.04. The molecule has 0 aliphatic rings. The van der Waals surface area contributed by atoms with Crippen LogP contribution in [-0.4, -0.2) is 48.7 Å². The van der Waals surface area contributed by atoms with Gasteiger partial charge in [0.25, 0.3) is 5.91 Å². The summed E-state index contributed by atoms with van der Waals surface area (Å²) in [5.41, 5.74) is 6.73. The smallest absolute Gasteiger partial charge is 0.251 e. The maximum Gasteiger partial charge on any atom is 0.251 e. The van der Waals surface area contributed by atoms with Gasteiger partial charge in [0.2, 0.25) is 0 Å². The third-order valence-corrected chi connectivity index (χ3v) is 2.78. The molecule has 1 rings (SSSR count). The highest BCUT2D eigenvalue weighted by atomic mass is 16.3. The molecule has 1 unspecified atom stereocenters. The van der Waals surface area contributed by atoms with E-state index in [1.807, 2.05) is 25.9 Å². The minimum Gasteiger partial charge on any atom is -0.399 e. The summed E-state index contributed by atoms with van der Waals surface area (Å²) in [6.45, 7) is 4.22. The molecule has 0 aliphatic heterocycles. The third-order valence-electron chi connectivity index (χ3n) is 2.78. The molecule has 0 spiro atoms. The number of carbonyl (C=O) groups excluding carboxylic acids is 1. The normalized spacial score (nSPS) is 14.2. The lowest BCUT2D eigenvalue weighted by atomic mass is 10.0. The zero-order valence-electron chi connectivity index (χ0n) is 12.0. The quantitative estimate of drug-likeness (QED) is 0.682. The number of nitrogens with two attached hydrogens (primary N) is 1. The van der Waals surface area contributed by atoms with E-state index in [0.29, 0.717) is 17.8 Å². The summed E-state index contributed by atoms with van der Waals surface area (Å²) in [4.78, 5) is 13.9. The van der Waals surface area contributed by atoms with Crippen molar-refractivity contribution >= 4 is 11.6 Å². The van der Waals surface area contributed by atoms with E-state index in [2.05, 4.69) is 5.32 Å². The predicted molar refractivity (Wildman–Crippen MR) is 77.1 cm³/mol. The van der Waals surface area contributed by atoms with Gasteiger partial charge in [-0.3, -0.25) is 4.79 Å². The van der Waals surface area contributed by atoms with Gasteiger partial charge < -0.3 is 21.1 Å². The molecule has 0 aliphatic carbocycles. The first-order valence-electron chi connectivity index (χ1n) is 6.23. The Balaban J connectivity index is 2.65. The predicted octanol–water partition coefficient (Wildman–Crippen LogP) is 0.620. The summed E-state index contributed by atoms with van der Waals surface area (Å²) >= 11 is 0. The van der Waals surface area contributed by atoms with Crippen LogP contribution in [0.25, 0.3) is 0 Å². The second-order valence-corrected chi connectivity index (χ2v) is 5.49. The zero-order chi connectivity index (χ0) is 14.6. The van der Waals surface area contributed by atoms with Crippen LogP contribution in [0.1, 0.15) is 22.8 Å². The van der Waals surface area contributed by atoms with Crippen LogP contribution in [0.4, 0.5) is 5.69 Å². The van der Waals surface area contributed by atoms with Gasteiger partial charge >= 0.3 is 0 Å². The molecule has 1 aromatic rings. The Labute approximate surface area is 114 Å². The first-order valence-corrected chi connectivity index (χ1v) is 6.23. The minimum absolute atomic E-state index is 0.198. The topological polar surface area (TPSA) is 78.6 Å². The number of nitrogen functional groups attached to an aromatic ring is 1. The van der Waals surface area contributed by atoms with Crippen molar-refractivity contribution in [2.45, 2.75) is 19.4 Å². The molecule has 1 aromatic carbocycles. The molecule has 19 heavy (non-hydrogen) atoms. The Bertz CT molecular complexity index is 456. The van der Waals surface area contributed by atoms with Crippen molar-refractivity contribution in [1.29, 1.82) is 0 Å². The lowest BCUT2D eigenvalue weighted by molar-refractivity contribution is 0.0326. The van der Waals surface area contributed by atoms with Crippen LogP contribution in [0.5, 0.6) is 0 Å². The van der Waals surface area contributed by atoms with Crippen LogP contribution in [0.15, 0.2) is 18.2 Å². The molecule has 0 bridgehead atoms. The lowest BCUT2D eigenvalue weighted by Crippen LogP contribution is -2.47. The third kappa shape index (κ3) is 4.89. The van der Waals surface area contributed by atoms with Gasteiger partial charge in [0.05, 0.1) is 5.60 Å². The number of rotatable bonds is 5. The van der Waals surface area contributed by atoms with Gasteiger partial charge in [-0.1, -0.05) is 0 Å². The van der Waals surface area contributed by atoms with Crippen molar-refractivity contribution in [1.82, 2.24) is 10.2 Å². The van der Waals surface area contributed by atoms with E-state index in [0.717, 1.165) is 5.56 Å². The van der Waals surface area contributed by atoms with Crippen molar-refractivity contribution in [2.24, 2.45) is 0 Å². The van der Waals surface area contributed by atoms with E-state index in [1.165, 1.54) is 0 Å². The zero-order valence-corrected chi connectivity index (χ0v) is 12.0. The van der Waals surface area contributed by atoms with Crippen LogP contribution in [0.2, 0.25) is 0 Å². The molecule has 0 radical (unpaired) electrons. The summed E-state index contributed by atoms with van der Waals surface area (Å²) in [7, 11) is 3.75. The lowest BCUT2D eigenvalue weighted by Gasteiger charge is -2.27. The average Bonchev–Trinajstić information content (AvgIpc) is 2.24. The van der Waals surface area contributed by atoms with Crippen molar-refractivity contribution in [3.8, 4) is 0 Å². The molecular formula is C14H23N3O2. The van der Waals surface area contributed by atoms with E-state index < -0.39 is 5.60 Å². The molecule has 1 amide bonds. The standard InChI is InChI=1S/C14H23N3O2/c1-10-7-11(15)5-6-12(10)13(18)16-8-14(2,19)9-17(3)4/h5-7,19H,8-9,15H2,1-4H3,(H,16,18). The number of nitrogens with zero attached hydrogens (tertiary/aromatic N) is 1. The number of aryl methyl sites for hydroxylation is 1. The van der Waals surface area contributed by atoms with E-state index >= 15 is 0 Å². The number of hydrogen-bond donors (Lipinski definition) is 3. The molecule has 106 valence electrons. The molecule has 5 heteroatoms. The molecule has 5 nitrogen and oxygen atoms in total. The number of carbonyl (C=O) groups is 1. The fraction of sp³-hybridized carbons (Fsp3) is 0.500. The average molecular weight is 265 g/mol. The number of benzene rings is 1. The number of nitrogens with one attached hydrogen (secondary N) is 1. The fourth-order valence-electron chi connectivity index (χ4n) is 2.04. The number of anilines is 1. The van der Waals surface area contributed by atoms with Crippen molar-refractivity contribution in [2.75, 3.05) is 32.9 Å². The van der Waals surface area contributed by atoms with Crippen molar-refractivity contribution in [3.63, 3.8) is 0 Å². The molecule has 0 saturated carbocycles. The molecule has 4 N–H and O–H groups in total. The first kappa shape index (κ1) is 15.5.